The van der Waals surface area contributed by atoms with Gasteiger partial charge in [0, 0.05) is 35.3 Å². The third kappa shape index (κ3) is 5.04. The zero-order valence-corrected chi connectivity index (χ0v) is 19.6. The SMILES string of the molecule is Cc1ncn(-c2cc(NC(=O)c3cccc(C#Cc4cnc5ccnn5c4)c3C)cc(C(F)(F)F)c2)n1. The summed E-state index contributed by atoms with van der Waals surface area (Å²) in [6, 6.07) is 10.00. The first-order valence-corrected chi connectivity index (χ1v) is 11.0. The van der Waals surface area contributed by atoms with Gasteiger partial charge >= 0.3 is 6.18 Å². The summed E-state index contributed by atoms with van der Waals surface area (Å²) in [6.45, 7) is 3.35. The molecule has 5 rings (SSSR count). The summed E-state index contributed by atoms with van der Waals surface area (Å²) < 4.78 is 43.5. The van der Waals surface area contributed by atoms with Crippen LogP contribution in [0.3, 0.4) is 0 Å². The summed E-state index contributed by atoms with van der Waals surface area (Å²) in [7, 11) is 0. The van der Waals surface area contributed by atoms with E-state index in [4.69, 9.17) is 0 Å². The van der Waals surface area contributed by atoms with Crippen LogP contribution in [0, 0.1) is 25.7 Å². The lowest BCUT2D eigenvalue weighted by atomic mass is 10.0. The molecule has 5 aromatic rings. The van der Waals surface area contributed by atoms with Gasteiger partial charge in [-0.15, -0.1) is 0 Å². The minimum atomic E-state index is -4.62. The van der Waals surface area contributed by atoms with Crippen LogP contribution in [0.1, 0.15) is 38.4 Å². The lowest BCUT2D eigenvalue weighted by Crippen LogP contribution is -2.15. The molecule has 8 nitrogen and oxygen atoms in total. The fraction of sp³-hybridized carbons (Fsp3) is 0.115. The second-order valence-corrected chi connectivity index (χ2v) is 8.16. The van der Waals surface area contributed by atoms with Crippen molar-refractivity contribution in [3.8, 4) is 17.5 Å². The molecule has 0 atom stereocenters. The van der Waals surface area contributed by atoms with Crippen LogP contribution in [0.25, 0.3) is 11.3 Å². The van der Waals surface area contributed by atoms with Crippen molar-refractivity contribution in [1.29, 1.82) is 0 Å². The molecule has 1 amide bonds. The average molecular weight is 501 g/mol. The van der Waals surface area contributed by atoms with Crippen molar-refractivity contribution >= 4 is 17.2 Å². The van der Waals surface area contributed by atoms with E-state index >= 15 is 0 Å². The number of hydrogen-bond acceptors (Lipinski definition) is 5. The second kappa shape index (κ2) is 9.23. The molecule has 0 aliphatic heterocycles. The molecule has 0 saturated heterocycles. The first kappa shape index (κ1) is 23.7. The Hall–Kier alpha value is -4.98. The molecule has 0 saturated carbocycles. The predicted octanol–water partition coefficient (Wildman–Crippen LogP) is 4.60. The van der Waals surface area contributed by atoms with Crippen molar-refractivity contribution in [2.75, 3.05) is 5.32 Å². The van der Waals surface area contributed by atoms with Crippen molar-refractivity contribution < 1.29 is 18.0 Å². The smallest absolute Gasteiger partial charge is 0.322 e. The van der Waals surface area contributed by atoms with Crippen LogP contribution in [-0.4, -0.2) is 35.3 Å². The molecule has 0 unspecified atom stereocenters. The maximum Gasteiger partial charge on any atom is 0.416 e. The van der Waals surface area contributed by atoms with Crippen molar-refractivity contribution in [3.63, 3.8) is 0 Å². The molecule has 0 spiro atoms. The maximum atomic E-state index is 13.6. The maximum absolute atomic E-state index is 13.6. The summed E-state index contributed by atoms with van der Waals surface area (Å²) in [5.41, 5.74) is 1.94. The minimum Gasteiger partial charge on any atom is -0.322 e. The number of amides is 1. The third-order valence-corrected chi connectivity index (χ3v) is 5.54. The van der Waals surface area contributed by atoms with Gasteiger partial charge in [0.15, 0.2) is 5.65 Å². The Balaban J connectivity index is 1.44. The van der Waals surface area contributed by atoms with Crippen LogP contribution in [0.2, 0.25) is 0 Å². The highest BCUT2D eigenvalue weighted by Gasteiger charge is 2.31. The molecule has 0 aliphatic carbocycles. The van der Waals surface area contributed by atoms with Crippen LogP contribution in [0.15, 0.2) is 67.4 Å². The van der Waals surface area contributed by atoms with Crippen molar-refractivity contribution in [2.45, 2.75) is 20.0 Å². The van der Waals surface area contributed by atoms with Gasteiger partial charge in [-0.05, 0) is 49.7 Å². The van der Waals surface area contributed by atoms with E-state index in [-0.39, 0.29) is 16.9 Å². The first-order valence-electron chi connectivity index (χ1n) is 11.0. The van der Waals surface area contributed by atoms with Gasteiger partial charge < -0.3 is 5.32 Å². The number of carbonyl (C=O) groups is 1. The van der Waals surface area contributed by atoms with Gasteiger partial charge in [0.25, 0.3) is 5.91 Å². The Morgan fingerprint density at radius 3 is 2.65 bits per heavy atom. The Morgan fingerprint density at radius 1 is 1.05 bits per heavy atom. The molecule has 184 valence electrons. The number of alkyl halides is 3. The zero-order valence-electron chi connectivity index (χ0n) is 19.6. The van der Waals surface area contributed by atoms with E-state index in [1.165, 1.54) is 17.1 Å². The number of nitrogens with zero attached hydrogens (tertiary/aromatic N) is 6. The topological polar surface area (TPSA) is 90.0 Å². The van der Waals surface area contributed by atoms with E-state index in [1.807, 2.05) is 0 Å². The van der Waals surface area contributed by atoms with Crippen LogP contribution in [0.4, 0.5) is 18.9 Å². The van der Waals surface area contributed by atoms with Crippen molar-refractivity contribution in [1.82, 2.24) is 29.4 Å². The highest BCUT2D eigenvalue weighted by Crippen LogP contribution is 2.33. The lowest BCUT2D eigenvalue weighted by Gasteiger charge is -2.14. The molecule has 1 N–H and O–H groups in total. The number of anilines is 1. The summed E-state index contributed by atoms with van der Waals surface area (Å²) in [6.07, 6.45) is 1.68. The first-order chi connectivity index (χ1) is 17.7. The standard InChI is InChI=1S/C26H18F3N7O/c1-16-19(7-6-18-13-30-24-8-9-32-35(24)14-18)4-3-5-23(16)25(37)33-21-10-20(26(27,28)29)11-22(12-21)36-15-31-17(2)34-36/h3-5,8-15H,1-2H3,(H,33,37). The van der Waals surface area contributed by atoms with Crippen molar-refractivity contribution in [3.05, 3.63) is 101 Å². The van der Waals surface area contributed by atoms with Gasteiger partial charge in [-0.1, -0.05) is 17.9 Å². The zero-order chi connectivity index (χ0) is 26.2. The van der Waals surface area contributed by atoms with E-state index in [0.29, 0.717) is 28.2 Å². The highest BCUT2D eigenvalue weighted by atomic mass is 19.4. The van der Waals surface area contributed by atoms with E-state index in [1.54, 1.807) is 61.2 Å². The van der Waals surface area contributed by atoms with Crippen LogP contribution < -0.4 is 5.32 Å². The van der Waals surface area contributed by atoms with E-state index in [2.05, 4.69) is 37.3 Å². The monoisotopic (exact) mass is 501 g/mol. The third-order valence-electron chi connectivity index (χ3n) is 5.54. The summed E-state index contributed by atoms with van der Waals surface area (Å²) in [5, 5.41) is 10.8. The van der Waals surface area contributed by atoms with Gasteiger partial charge in [0.1, 0.15) is 12.2 Å². The number of carbonyl (C=O) groups excluding carboxylic acids is 1. The Labute approximate surface area is 208 Å². The quantitative estimate of drug-likeness (QED) is 0.365. The Bertz CT molecular complexity index is 1710. The number of aromatic nitrogens is 6. The van der Waals surface area contributed by atoms with Crippen LogP contribution >= 0.6 is 0 Å². The molecular weight excluding hydrogens is 483 g/mol. The molecule has 0 fully saturated rings. The van der Waals surface area contributed by atoms with Gasteiger partial charge in [0.05, 0.1) is 23.0 Å². The Kier molecular flexibility index (Phi) is 5.93. The van der Waals surface area contributed by atoms with Crippen molar-refractivity contribution in [2.24, 2.45) is 0 Å². The Morgan fingerprint density at radius 2 is 1.89 bits per heavy atom. The predicted molar refractivity (Wildman–Crippen MR) is 129 cm³/mol. The van der Waals surface area contributed by atoms with Crippen LogP contribution in [0.5, 0.6) is 0 Å². The fourth-order valence-corrected chi connectivity index (χ4v) is 3.68. The number of nitrogens with one attached hydrogen (secondary N) is 1. The summed E-state index contributed by atoms with van der Waals surface area (Å²) in [5.74, 6) is 5.87. The van der Waals surface area contributed by atoms with Gasteiger partial charge in [-0.3, -0.25) is 4.79 Å². The summed E-state index contributed by atoms with van der Waals surface area (Å²) >= 11 is 0. The van der Waals surface area contributed by atoms with E-state index < -0.39 is 17.6 Å². The molecule has 3 aromatic heterocycles. The molecule has 0 aliphatic rings. The molecule has 37 heavy (non-hydrogen) atoms. The summed E-state index contributed by atoms with van der Waals surface area (Å²) in [4.78, 5) is 21.3. The number of rotatable bonds is 3. The van der Waals surface area contributed by atoms with Crippen LogP contribution in [-0.2, 0) is 6.18 Å². The molecule has 0 radical (unpaired) electrons. The van der Waals surface area contributed by atoms with E-state index in [9.17, 15) is 18.0 Å². The second-order valence-electron chi connectivity index (χ2n) is 8.16. The molecular formula is C26H18F3N7O. The average Bonchev–Trinajstić information content (AvgIpc) is 3.51. The number of fused-ring (bicyclic) bond motifs is 1. The highest BCUT2D eigenvalue weighted by molar-refractivity contribution is 6.05. The number of aryl methyl sites for hydroxylation is 1. The number of benzene rings is 2. The van der Waals surface area contributed by atoms with Gasteiger partial charge in [-0.2, -0.15) is 23.4 Å². The number of halogens is 3. The van der Waals surface area contributed by atoms with Gasteiger partial charge in [0.2, 0.25) is 0 Å². The van der Waals surface area contributed by atoms with E-state index in [0.717, 1.165) is 12.1 Å². The molecule has 3 heterocycles. The fourth-order valence-electron chi connectivity index (χ4n) is 3.68. The molecule has 2 aromatic carbocycles. The van der Waals surface area contributed by atoms with Gasteiger partial charge in [-0.25, -0.2) is 19.2 Å². The normalized spacial score (nSPS) is 11.3. The number of hydrogen-bond donors (Lipinski definition) is 1. The molecule has 11 heteroatoms. The lowest BCUT2D eigenvalue weighted by molar-refractivity contribution is -0.137. The largest absolute Gasteiger partial charge is 0.416 e. The molecule has 0 bridgehead atoms. The minimum absolute atomic E-state index is 0.0301.